The van der Waals surface area contributed by atoms with Crippen molar-refractivity contribution >= 4 is 59.3 Å². The Morgan fingerprint density at radius 3 is 1.04 bits per heavy atom. The van der Waals surface area contributed by atoms with Gasteiger partial charge in [0.1, 0.15) is 29.2 Å². The fourth-order valence-corrected chi connectivity index (χ4v) is 13.6. The Morgan fingerprint density at radius 2 is 0.750 bits per heavy atom. The summed E-state index contributed by atoms with van der Waals surface area (Å²) in [5.74, 6) is 0.268. The van der Waals surface area contributed by atoms with Crippen molar-refractivity contribution in [1.82, 2.24) is 0 Å². The molecule has 16 heteroatoms. The molecule has 4 saturated carbocycles. The molecular weight excluding hydrogens is 957 g/mol. The largest absolute Gasteiger partial charge is 0.465 e. The minimum Gasteiger partial charge on any atom is -0.465 e. The molecule has 0 spiro atoms. The molecule has 0 bridgehead atoms. The summed E-state index contributed by atoms with van der Waals surface area (Å²) in [6, 6.07) is 7.22. The Bertz CT molecular complexity index is 2030. The predicted octanol–water partition coefficient (Wildman–Crippen LogP) is 11.8. The van der Waals surface area contributed by atoms with Gasteiger partial charge in [-0.25, -0.2) is 9.59 Å². The number of hydrogen-bond donors (Lipinski definition) is 0. The Labute approximate surface area is 433 Å². The lowest BCUT2D eigenvalue weighted by Gasteiger charge is -2.36. The van der Waals surface area contributed by atoms with Crippen molar-refractivity contribution in [2.75, 3.05) is 26.4 Å². The number of ether oxygens (including phenoxy) is 6. The molecule has 0 aromatic heterocycles. The van der Waals surface area contributed by atoms with Crippen LogP contribution in [-0.2, 0) is 47.7 Å². The molecule has 4 aliphatic carbocycles. The topological polar surface area (TPSA) is 205 Å². The first-order chi connectivity index (χ1) is 35.0. The van der Waals surface area contributed by atoms with Gasteiger partial charge in [0.25, 0.3) is 0 Å². The number of rotatable bonds is 24. The maximum absolute atomic E-state index is 13.7. The van der Waals surface area contributed by atoms with E-state index in [1.165, 1.54) is 23.5 Å². The molecule has 4 fully saturated rings. The Kier molecular flexibility index (Phi) is 23.1. The van der Waals surface area contributed by atoms with E-state index in [1.54, 1.807) is 12.1 Å². The zero-order chi connectivity index (χ0) is 51.2. The van der Waals surface area contributed by atoms with Crippen molar-refractivity contribution in [2.24, 2.45) is 47.3 Å². The summed E-state index contributed by atoms with van der Waals surface area (Å²) < 4.78 is 33.8. The van der Waals surface area contributed by atoms with Crippen LogP contribution < -0.4 is 9.47 Å². The van der Waals surface area contributed by atoms with Crippen LogP contribution in [0.3, 0.4) is 0 Å². The molecule has 1 heterocycles. The molecule has 0 atom stereocenters. The number of fused-ring (bicyclic) bond motifs is 1. The standard InChI is InChI=1S/C56H72N2O12S2/c1-3-48(59)65-31-9-5-7-11-33-67-52(61)41-21-13-37(14-22-41)39-17-25-43(26-18-39)54(63)69-46-29-30-47(51-50(46)71-56(72-51)45(35-57)36-58)70-55(64)44-27-19-40(20-28-44)38-15-23-42(24-16-38)53(62)68-34-12-8-6-10-32-66-49(60)4-2/h3-4,29-30,37-44H,1-2,5-28,31-34H2. The van der Waals surface area contributed by atoms with Gasteiger partial charge in [0, 0.05) is 12.2 Å². The molecule has 5 aliphatic rings. The quantitative estimate of drug-likeness (QED) is 0.0236. The number of hydrogen-bond acceptors (Lipinski definition) is 16. The molecule has 390 valence electrons. The first-order valence-corrected chi connectivity index (χ1v) is 28.1. The summed E-state index contributed by atoms with van der Waals surface area (Å²) in [7, 11) is 0. The van der Waals surface area contributed by atoms with Crippen molar-refractivity contribution in [2.45, 2.75) is 164 Å². The lowest BCUT2D eigenvalue weighted by atomic mass is 9.69. The van der Waals surface area contributed by atoms with Crippen LogP contribution in [0.25, 0.3) is 0 Å². The van der Waals surface area contributed by atoms with E-state index in [2.05, 4.69) is 13.2 Å². The molecule has 0 amide bonds. The highest BCUT2D eigenvalue weighted by Crippen LogP contribution is 2.59. The minimum atomic E-state index is -0.414. The number of nitrogens with zero attached hydrogens (tertiary/aromatic N) is 2. The van der Waals surface area contributed by atoms with Crippen LogP contribution in [0, 0.1) is 70.0 Å². The molecule has 6 rings (SSSR count). The summed E-state index contributed by atoms with van der Waals surface area (Å²) in [5, 5.41) is 19.4. The average Bonchev–Trinajstić information content (AvgIpc) is 3.87. The van der Waals surface area contributed by atoms with Gasteiger partial charge >= 0.3 is 35.8 Å². The lowest BCUT2D eigenvalue weighted by molar-refractivity contribution is -0.151. The van der Waals surface area contributed by atoms with Gasteiger partial charge in [0.05, 0.1) is 64.1 Å². The summed E-state index contributed by atoms with van der Waals surface area (Å²) >= 11 is 2.36. The number of carbonyl (C=O) groups excluding carboxylic acids is 6. The van der Waals surface area contributed by atoms with E-state index >= 15 is 0 Å². The fraction of sp³-hybridized carbons (Fsp3) is 0.643. The Balaban J connectivity index is 0.903. The Hall–Kier alpha value is -5.06. The summed E-state index contributed by atoms with van der Waals surface area (Å²) in [6.07, 6.45) is 22.6. The van der Waals surface area contributed by atoms with Gasteiger partial charge < -0.3 is 28.4 Å². The number of allylic oxidation sites excluding steroid dienone is 1. The van der Waals surface area contributed by atoms with E-state index in [1.807, 2.05) is 12.1 Å². The highest BCUT2D eigenvalue weighted by Gasteiger charge is 2.39. The number of esters is 6. The van der Waals surface area contributed by atoms with Gasteiger partial charge in [-0.1, -0.05) is 36.7 Å². The molecule has 1 aromatic carbocycles. The second kappa shape index (κ2) is 29.6. The molecule has 14 nitrogen and oxygen atoms in total. The van der Waals surface area contributed by atoms with Crippen LogP contribution in [-0.4, -0.2) is 62.2 Å². The number of carbonyl (C=O) groups is 6. The molecule has 72 heavy (non-hydrogen) atoms. The second-order valence-electron chi connectivity index (χ2n) is 20.0. The maximum Gasteiger partial charge on any atom is 0.330 e. The van der Waals surface area contributed by atoms with Gasteiger partial charge in [-0.15, -0.1) is 0 Å². The van der Waals surface area contributed by atoms with Crippen LogP contribution in [0.15, 0.2) is 57.0 Å². The van der Waals surface area contributed by atoms with Gasteiger partial charge in [0.2, 0.25) is 0 Å². The number of unbranched alkanes of at least 4 members (excludes halogenated alkanes) is 6. The van der Waals surface area contributed by atoms with E-state index < -0.39 is 11.9 Å². The zero-order valence-electron chi connectivity index (χ0n) is 41.8. The van der Waals surface area contributed by atoms with Gasteiger partial charge in [-0.05, 0) is 190 Å². The molecule has 0 saturated heterocycles. The first kappa shape index (κ1) is 56.2. The first-order valence-electron chi connectivity index (χ1n) is 26.4. The van der Waals surface area contributed by atoms with Crippen molar-refractivity contribution in [3.8, 4) is 23.6 Å². The van der Waals surface area contributed by atoms with E-state index in [4.69, 9.17) is 28.4 Å². The highest BCUT2D eigenvalue weighted by atomic mass is 32.2. The van der Waals surface area contributed by atoms with Gasteiger partial charge in [0.15, 0.2) is 0 Å². The van der Waals surface area contributed by atoms with Crippen LogP contribution in [0.2, 0.25) is 0 Å². The van der Waals surface area contributed by atoms with E-state index in [0.717, 1.165) is 141 Å². The van der Waals surface area contributed by atoms with Crippen LogP contribution in [0.4, 0.5) is 0 Å². The van der Waals surface area contributed by atoms with E-state index in [-0.39, 0.29) is 53.1 Å². The van der Waals surface area contributed by atoms with E-state index in [0.29, 0.717) is 101 Å². The van der Waals surface area contributed by atoms with Gasteiger partial charge in [-0.3, -0.25) is 19.2 Å². The van der Waals surface area contributed by atoms with Gasteiger partial charge in [-0.2, -0.15) is 10.5 Å². The summed E-state index contributed by atoms with van der Waals surface area (Å²) in [5.41, 5.74) is -0.0628. The second-order valence-corrected chi connectivity index (χ2v) is 22.3. The van der Waals surface area contributed by atoms with E-state index in [9.17, 15) is 39.3 Å². The number of thioether (sulfide) groups is 2. The predicted molar refractivity (Wildman–Crippen MR) is 271 cm³/mol. The molecule has 1 aliphatic heterocycles. The van der Waals surface area contributed by atoms with Crippen LogP contribution in [0.5, 0.6) is 11.5 Å². The maximum atomic E-state index is 13.7. The summed E-state index contributed by atoms with van der Waals surface area (Å²) in [6.45, 7) is 8.31. The van der Waals surface area contributed by atoms with Crippen molar-refractivity contribution < 1.29 is 57.2 Å². The minimum absolute atomic E-state index is 0.0628. The zero-order valence-corrected chi connectivity index (χ0v) is 43.4. The third kappa shape index (κ3) is 16.7. The molecule has 0 unspecified atom stereocenters. The smallest absolute Gasteiger partial charge is 0.330 e. The molecular formula is C56H72N2O12S2. The fourth-order valence-electron chi connectivity index (χ4n) is 11.2. The van der Waals surface area contributed by atoms with Crippen LogP contribution >= 0.6 is 23.5 Å². The monoisotopic (exact) mass is 1030 g/mol. The molecule has 0 N–H and O–H groups in total. The number of nitriles is 2. The number of benzene rings is 1. The summed E-state index contributed by atoms with van der Waals surface area (Å²) in [4.78, 5) is 76.4. The van der Waals surface area contributed by atoms with Crippen LogP contribution in [0.1, 0.15) is 154 Å². The van der Waals surface area contributed by atoms with Crippen molar-refractivity contribution in [1.29, 1.82) is 10.5 Å². The normalized spacial score (nSPS) is 24.7. The highest BCUT2D eigenvalue weighted by molar-refractivity contribution is 8.24. The third-order valence-corrected chi connectivity index (χ3v) is 18.0. The van der Waals surface area contributed by atoms with Crippen molar-refractivity contribution in [3.05, 3.63) is 47.3 Å². The third-order valence-electron chi connectivity index (χ3n) is 15.4. The average molecular weight is 1030 g/mol. The lowest BCUT2D eigenvalue weighted by Crippen LogP contribution is -2.31. The van der Waals surface area contributed by atoms with Crippen molar-refractivity contribution in [3.63, 3.8) is 0 Å². The Morgan fingerprint density at radius 1 is 0.458 bits per heavy atom. The SMILES string of the molecule is C=CC(=O)OCCCCCCOC(=O)C1CCC(C2CCC(C(=O)Oc3ccc(OC(=O)C4CCC(C5CCC(C(=O)OCCCCCCOC(=O)C=C)CC5)CC4)c4c3SC(=C(C#N)C#N)S4)CC2)CC1. The molecule has 0 radical (unpaired) electrons. The molecule has 1 aromatic rings.